The molecule has 41 heavy (non-hydrogen) atoms. The monoisotopic (exact) mass is 578 g/mol. The average Bonchev–Trinajstić information content (AvgIpc) is 3.44. The molecule has 0 spiro atoms. The number of benzene rings is 3. The third-order valence-electron chi connectivity index (χ3n) is 6.58. The number of nitrogens with one attached hydrogen (secondary N) is 2. The van der Waals surface area contributed by atoms with Gasteiger partial charge in [0.15, 0.2) is 11.5 Å². The summed E-state index contributed by atoms with van der Waals surface area (Å²) in [6.45, 7) is 0.144. The Morgan fingerprint density at radius 1 is 0.976 bits per heavy atom. The summed E-state index contributed by atoms with van der Waals surface area (Å²) >= 11 is 6.15. The first-order valence-corrected chi connectivity index (χ1v) is 13.2. The van der Waals surface area contributed by atoms with Crippen molar-refractivity contribution in [3.63, 3.8) is 0 Å². The summed E-state index contributed by atoms with van der Waals surface area (Å²) < 4.78 is 18.1. The zero-order chi connectivity index (χ0) is 28.9. The summed E-state index contributed by atoms with van der Waals surface area (Å²) in [5.41, 5.74) is 0.495. The number of para-hydroxylation sites is 1. The molecule has 0 fully saturated rings. The number of methoxy groups -OCH3 is 1. The standard InChI is InChI=1S/C29H27ClN4O7/c1-39-23-11-9-19(14-21(23)30)32-27(36)16-34-22-6-3-2-5-20(22)28(37)33(29(34)38)12-4-7-26(35)31-15-18-8-10-24-25(13-18)41-17-40-24/h2-3,5-6,8-11,13-14H,4,7,12,15-17H2,1H3,(H,31,35)(H,32,36). The highest BCUT2D eigenvalue weighted by molar-refractivity contribution is 6.32. The fourth-order valence-corrected chi connectivity index (χ4v) is 4.80. The van der Waals surface area contributed by atoms with E-state index in [9.17, 15) is 19.2 Å². The molecule has 0 atom stereocenters. The number of carbonyl (C=O) groups excluding carboxylic acids is 2. The van der Waals surface area contributed by atoms with E-state index < -0.39 is 17.2 Å². The molecule has 3 aromatic carbocycles. The summed E-state index contributed by atoms with van der Waals surface area (Å²) in [5.74, 6) is 1.04. The highest BCUT2D eigenvalue weighted by Crippen LogP contribution is 2.32. The molecule has 11 nitrogen and oxygen atoms in total. The molecule has 5 rings (SSSR count). The lowest BCUT2D eigenvalue weighted by Gasteiger charge is -2.14. The summed E-state index contributed by atoms with van der Waals surface area (Å²) in [6, 6.07) is 16.8. The fourth-order valence-electron chi connectivity index (χ4n) is 4.55. The Kier molecular flexibility index (Phi) is 8.25. The van der Waals surface area contributed by atoms with Gasteiger partial charge in [0.05, 0.1) is 23.0 Å². The Balaban J connectivity index is 1.26. The molecule has 0 bridgehead atoms. The quantitative estimate of drug-likeness (QED) is 0.295. The number of amides is 2. The van der Waals surface area contributed by atoms with Gasteiger partial charge in [0, 0.05) is 25.2 Å². The lowest BCUT2D eigenvalue weighted by atomic mass is 10.2. The van der Waals surface area contributed by atoms with Crippen LogP contribution < -0.4 is 36.1 Å². The van der Waals surface area contributed by atoms with Crippen LogP contribution in [0.2, 0.25) is 5.02 Å². The second-order valence-corrected chi connectivity index (χ2v) is 9.72. The number of halogens is 1. The van der Waals surface area contributed by atoms with Crippen LogP contribution in [0, 0.1) is 0 Å². The number of anilines is 1. The van der Waals surface area contributed by atoms with Crippen LogP contribution in [0.3, 0.4) is 0 Å². The molecule has 12 heteroatoms. The molecule has 1 aromatic heterocycles. The van der Waals surface area contributed by atoms with Gasteiger partial charge in [0.25, 0.3) is 5.56 Å². The Labute approximate surface area is 239 Å². The molecular weight excluding hydrogens is 552 g/mol. The first kappa shape index (κ1) is 27.8. The van der Waals surface area contributed by atoms with Crippen molar-refractivity contribution in [3.05, 3.63) is 92.1 Å². The zero-order valence-corrected chi connectivity index (χ0v) is 22.9. The van der Waals surface area contributed by atoms with E-state index in [0.717, 1.165) is 10.1 Å². The summed E-state index contributed by atoms with van der Waals surface area (Å²) in [5, 5.41) is 6.16. The van der Waals surface area contributed by atoms with Crippen LogP contribution in [-0.4, -0.2) is 34.9 Å². The van der Waals surface area contributed by atoms with Crippen LogP contribution in [-0.2, 0) is 29.2 Å². The maximum Gasteiger partial charge on any atom is 0.331 e. The molecule has 0 saturated carbocycles. The lowest BCUT2D eigenvalue weighted by Crippen LogP contribution is -2.42. The third kappa shape index (κ3) is 6.20. The van der Waals surface area contributed by atoms with E-state index >= 15 is 0 Å². The number of carbonyl (C=O) groups is 2. The average molecular weight is 579 g/mol. The maximum atomic E-state index is 13.4. The zero-order valence-electron chi connectivity index (χ0n) is 22.1. The Morgan fingerprint density at radius 2 is 1.78 bits per heavy atom. The third-order valence-corrected chi connectivity index (χ3v) is 6.88. The van der Waals surface area contributed by atoms with Crippen LogP contribution in [0.1, 0.15) is 18.4 Å². The number of rotatable bonds is 10. The number of aromatic nitrogens is 2. The van der Waals surface area contributed by atoms with Crippen molar-refractivity contribution in [1.82, 2.24) is 14.5 Å². The fraction of sp³-hybridized carbons (Fsp3) is 0.241. The predicted octanol–water partition coefficient (Wildman–Crippen LogP) is 3.29. The molecule has 1 aliphatic rings. The number of hydrogen-bond acceptors (Lipinski definition) is 7. The van der Waals surface area contributed by atoms with E-state index in [1.807, 2.05) is 6.07 Å². The van der Waals surface area contributed by atoms with Crippen molar-refractivity contribution in [2.45, 2.75) is 32.5 Å². The second kappa shape index (κ2) is 12.2. The van der Waals surface area contributed by atoms with Gasteiger partial charge < -0.3 is 24.8 Å². The van der Waals surface area contributed by atoms with Gasteiger partial charge in [0.1, 0.15) is 12.3 Å². The van der Waals surface area contributed by atoms with Crippen molar-refractivity contribution in [2.24, 2.45) is 0 Å². The maximum absolute atomic E-state index is 13.4. The minimum absolute atomic E-state index is 0.00958. The normalized spacial score (nSPS) is 11.9. The second-order valence-electron chi connectivity index (χ2n) is 9.31. The highest BCUT2D eigenvalue weighted by Gasteiger charge is 2.17. The predicted molar refractivity (Wildman–Crippen MR) is 153 cm³/mol. The summed E-state index contributed by atoms with van der Waals surface area (Å²) in [6.07, 6.45) is 0.346. The van der Waals surface area contributed by atoms with Crippen molar-refractivity contribution in [2.75, 3.05) is 19.2 Å². The molecule has 2 N–H and O–H groups in total. The number of hydrogen-bond donors (Lipinski definition) is 2. The van der Waals surface area contributed by atoms with Crippen LogP contribution in [0.25, 0.3) is 10.9 Å². The molecule has 212 valence electrons. The number of fused-ring (bicyclic) bond motifs is 2. The highest BCUT2D eigenvalue weighted by atomic mass is 35.5. The van der Waals surface area contributed by atoms with Crippen molar-refractivity contribution in [1.29, 1.82) is 0 Å². The first-order chi connectivity index (χ1) is 19.8. The van der Waals surface area contributed by atoms with E-state index in [1.165, 1.54) is 17.7 Å². The largest absolute Gasteiger partial charge is 0.495 e. The van der Waals surface area contributed by atoms with Gasteiger partial charge in [0.2, 0.25) is 18.6 Å². The van der Waals surface area contributed by atoms with E-state index in [2.05, 4.69) is 10.6 Å². The summed E-state index contributed by atoms with van der Waals surface area (Å²) in [4.78, 5) is 51.9. The minimum Gasteiger partial charge on any atom is -0.495 e. The van der Waals surface area contributed by atoms with Gasteiger partial charge in [-0.25, -0.2) is 4.79 Å². The Bertz CT molecular complexity index is 1750. The number of ether oxygens (including phenoxy) is 3. The van der Waals surface area contributed by atoms with Gasteiger partial charge in [-0.2, -0.15) is 0 Å². The Morgan fingerprint density at radius 3 is 2.59 bits per heavy atom. The van der Waals surface area contributed by atoms with Crippen molar-refractivity contribution >= 4 is 40.0 Å². The first-order valence-electron chi connectivity index (χ1n) is 12.8. The van der Waals surface area contributed by atoms with Gasteiger partial charge in [-0.1, -0.05) is 29.8 Å². The van der Waals surface area contributed by atoms with Crippen LogP contribution >= 0.6 is 11.6 Å². The molecule has 2 heterocycles. The number of nitrogens with zero attached hydrogens (tertiary/aromatic N) is 2. The molecule has 2 amide bonds. The van der Waals surface area contributed by atoms with Gasteiger partial charge >= 0.3 is 5.69 Å². The van der Waals surface area contributed by atoms with Crippen LogP contribution in [0.5, 0.6) is 17.2 Å². The van der Waals surface area contributed by atoms with Crippen LogP contribution in [0.15, 0.2) is 70.3 Å². The SMILES string of the molecule is COc1ccc(NC(=O)Cn2c(=O)n(CCCC(=O)NCc3ccc4c(c3)OCO4)c(=O)c3ccccc32)cc1Cl. The molecule has 0 radical (unpaired) electrons. The van der Waals surface area contributed by atoms with E-state index in [0.29, 0.717) is 45.4 Å². The van der Waals surface area contributed by atoms with E-state index in [1.54, 1.807) is 48.5 Å². The minimum atomic E-state index is -0.641. The van der Waals surface area contributed by atoms with Crippen molar-refractivity contribution in [3.8, 4) is 17.2 Å². The van der Waals surface area contributed by atoms with Crippen molar-refractivity contribution < 1.29 is 23.8 Å². The van der Waals surface area contributed by atoms with E-state index in [4.69, 9.17) is 25.8 Å². The van der Waals surface area contributed by atoms with Crippen LogP contribution in [0.4, 0.5) is 5.69 Å². The Hall–Kier alpha value is -4.77. The van der Waals surface area contributed by atoms with Gasteiger partial charge in [-0.15, -0.1) is 0 Å². The molecule has 0 unspecified atom stereocenters. The topological polar surface area (TPSA) is 130 Å². The molecule has 0 aliphatic carbocycles. The smallest absolute Gasteiger partial charge is 0.331 e. The lowest BCUT2D eigenvalue weighted by molar-refractivity contribution is -0.121. The van der Waals surface area contributed by atoms with E-state index in [-0.39, 0.29) is 38.6 Å². The summed E-state index contributed by atoms with van der Waals surface area (Å²) in [7, 11) is 1.49. The van der Waals surface area contributed by atoms with Gasteiger partial charge in [-0.05, 0) is 54.4 Å². The molecule has 4 aromatic rings. The van der Waals surface area contributed by atoms with Gasteiger partial charge in [-0.3, -0.25) is 23.5 Å². The molecule has 0 saturated heterocycles. The molecule has 1 aliphatic heterocycles. The molecular formula is C29H27ClN4O7.